The molecule has 5 nitrogen and oxygen atoms in total. The van der Waals surface area contributed by atoms with Crippen LogP contribution in [0.5, 0.6) is 0 Å². The van der Waals surface area contributed by atoms with Crippen LogP contribution in [-0.4, -0.2) is 21.9 Å². The van der Waals surface area contributed by atoms with E-state index in [4.69, 9.17) is 5.73 Å². The van der Waals surface area contributed by atoms with Gasteiger partial charge in [0.15, 0.2) is 0 Å². The molecule has 0 radical (unpaired) electrons. The monoisotopic (exact) mass is 180 g/mol. The van der Waals surface area contributed by atoms with E-state index in [0.29, 0.717) is 11.5 Å². The van der Waals surface area contributed by atoms with Crippen LogP contribution in [0.1, 0.15) is 12.7 Å². The Bertz CT molecular complexity index is 294. The number of hydrogen-bond acceptors (Lipinski definition) is 4. The Labute approximate surface area is 76.4 Å². The quantitative estimate of drug-likeness (QED) is 0.674. The molecule has 1 heterocycles. The van der Waals surface area contributed by atoms with Gasteiger partial charge in [0.25, 0.3) is 0 Å². The molecule has 0 aromatic carbocycles. The topological polar surface area (TPSA) is 80.9 Å². The van der Waals surface area contributed by atoms with E-state index in [-0.39, 0.29) is 5.91 Å². The number of rotatable bonds is 2. The van der Waals surface area contributed by atoms with Crippen molar-refractivity contribution < 1.29 is 4.79 Å². The second-order valence-electron chi connectivity index (χ2n) is 2.80. The first kappa shape index (κ1) is 9.60. The molecular formula is C8H12N4O. The molecule has 1 aromatic rings. The van der Waals surface area contributed by atoms with Crippen molar-refractivity contribution >= 4 is 11.6 Å². The molecule has 0 fully saturated rings. The van der Waals surface area contributed by atoms with Gasteiger partial charge >= 0.3 is 0 Å². The molecule has 0 aliphatic rings. The fourth-order valence-corrected chi connectivity index (χ4v) is 0.713. The molecule has 1 rings (SSSR count). The molecular weight excluding hydrogens is 168 g/mol. The molecule has 5 heteroatoms. The second kappa shape index (κ2) is 3.95. The zero-order valence-corrected chi connectivity index (χ0v) is 7.61. The number of nitrogens with zero attached hydrogens (tertiary/aromatic N) is 2. The van der Waals surface area contributed by atoms with Gasteiger partial charge in [0, 0.05) is 0 Å². The number of carbonyl (C=O) groups is 1. The molecule has 0 unspecified atom stereocenters. The van der Waals surface area contributed by atoms with Crippen molar-refractivity contribution in [3.8, 4) is 0 Å². The maximum Gasteiger partial charge on any atom is 0.241 e. The van der Waals surface area contributed by atoms with Gasteiger partial charge < -0.3 is 11.1 Å². The lowest BCUT2D eigenvalue weighted by Crippen LogP contribution is -2.32. The fraction of sp³-hybridized carbons (Fsp3) is 0.375. The summed E-state index contributed by atoms with van der Waals surface area (Å²) in [5.41, 5.74) is 5.92. The van der Waals surface area contributed by atoms with E-state index < -0.39 is 6.04 Å². The van der Waals surface area contributed by atoms with Crippen LogP contribution in [0.25, 0.3) is 0 Å². The van der Waals surface area contributed by atoms with Crippen molar-refractivity contribution in [2.45, 2.75) is 19.9 Å². The Hall–Kier alpha value is -1.49. The normalized spacial score (nSPS) is 12.2. The Morgan fingerprint density at radius 2 is 2.08 bits per heavy atom. The predicted molar refractivity (Wildman–Crippen MR) is 49.0 cm³/mol. The van der Waals surface area contributed by atoms with Gasteiger partial charge in [0.1, 0.15) is 5.82 Å². The van der Waals surface area contributed by atoms with Crippen LogP contribution in [-0.2, 0) is 4.79 Å². The lowest BCUT2D eigenvalue weighted by atomic mass is 10.3. The Balaban J connectivity index is 2.65. The lowest BCUT2D eigenvalue weighted by Gasteiger charge is -2.06. The van der Waals surface area contributed by atoms with Crippen molar-refractivity contribution in [1.82, 2.24) is 9.97 Å². The molecule has 0 aliphatic heterocycles. The van der Waals surface area contributed by atoms with Gasteiger partial charge in [-0.1, -0.05) is 0 Å². The summed E-state index contributed by atoms with van der Waals surface area (Å²) in [4.78, 5) is 19.0. The summed E-state index contributed by atoms with van der Waals surface area (Å²) in [6.07, 6.45) is 3.09. The van der Waals surface area contributed by atoms with E-state index >= 15 is 0 Å². The van der Waals surface area contributed by atoms with Crippen LogP contribution >= 0.6 is 0 Å². The number of hydrogen-bond donors (Lipinski definition) is 2. The minimum atomic E-state index is -0.527. The number of aryl methyl sites for hydroxylation is 1. The summed E-state index contributed by atoms with van der Waals surface area (Å²) in [6, 6.07) is -0.527. The van der Waals surface area contributed by atoms with Crippen LogP contribution < -0.4 is 11.1 Å². The van der Waals surface area contributed by atoms with Crippen LogP contribution in [0.2, 0.25) is 0 Å². The van der Waals surface area contributed by atoms with Crippen molar-refractivity contribution in [3.05, 3.63) is 18.2 Å². The third kappa shape index (κ3) is 2.79. The van der Waals surface area contributed by atoms with Crippen molar-refractivity contribution in [1.29, 1.82) is 0 Å². The Kier molecular flexibility index (Phi) is 2.92. The summed E-state index contributed by atoms with van der Waals surface area (Å²) in [6.45, 7) is 3.39. The van der Waals surface area contributed by atoms with Gasteiger partial charge in [-0.3, -0.25) is 4.79 Å². The minimum Gasteiger partial charge on any atom is -0.322 e. The SMILES string of the molecule is Cc1ncc(NC(=O)[C@H](C)N)cn1. The molecule has 1 atom stereocenters. The zero-order chi connectivity index (χ0) is 9.84. The standard InChI is InChI=1S/C8H12N4O/c1-5(9)8(13)12-7-3-10-6(2)11-4-7/h3-5H,9H2,1-2H3,(H,12,13)/t5-/m0/s1. The number of aromatic nitrogens is 2. The summed E-state index contributed by atoms with van der Waals surface area (Å²) in [5.74, 6) is 0.422. The fourth-order valence-electron chi connectivity index (χ4n) is 0.713. The molecule has 0 saturated carbocycles. The van der Waals surface area contributed by atoms with Gasteiger partial charge in [-0.15, -0.1) is 0 Å². The van der Waals surface area contributed by atoms with E-state index in [1.165, 1.54) is 0 Å². The number of anilines is 1. The van der Waals surface area contributed by atoms with Gasteiger partial charge in [0.05, 0.1) is 24.1 Å². The Morgan fingerprint density at radius 3 is 2.54 bits per heavy atom. The summed E-state index contributed by atoms with van der Waals surface area (Å²) >= 11 is 0. The first-order valence-electron chi connectivity index (χ1n) is 3.94. The van der Waals surface area contributed by atoms with E-state index in [1.807, 2.05) is 0 Å². The van der Waals surface area contributed by atoms with Gasteiger partial charge in [-0.25, -0.2) is 9.97 Å². The van der Waals surface area contributed by atoms with E-state index in [9.17, 15) is 4.79 Å². The molecule has 0 aliphatic carbocycles. The van der Waals surface area contributed by atoms with Crippen molar-refractivity contribution in [2.24, 2.45) is 5.73 Å². The average molecular weight is 180 g/mol. The number of nitrogens with two attached hydrogens (primary N) is 1. The zero-order valence-electron chi connectivity index (χ0n) is 7.61. The summed E-state index contributed by atoms with van der Waals surface area (Å²) in [5, 5.41) is 2.58. The molecule has 1 aromatic heterocycles. The third-order valence-corrected chi connectivity index (χ3v) is 1.46. The lowest BCUT2D eigenvalue weighted by molar-refractivity contribution is -0.117. The molecule has 0 spiro atoms. The van der Waals surface area contributed by atoms with Crippen LogP contribution in [0, 0.1) is 6.92 Å². The van der Waals surface area contributed by atoms with Crippen molar-refractivity contribution in [2.75, 3.05) is 5.32 Å². The highest BCUT2D eigenvalue weighted by Gasteiger charge is 2.06. The largest absolute Gasteiger partial charge is 0.322 e. The smallest absolute Gasteiger partial charge is 0.241 e. The number of nitrogens with one attached hydrogen (secondary N) is 1. The first-order valence-corrected chi connectivity index (χ1v) is 3.94. The van der Waals surface area contributed by atoms with Gasteiger partial charge in [0.2, 0.25) is 5.91 Å². The second-order valence-corrected chi connectivity index (χ2v) is 2.80. The maximum atomic E-state index is 11.1. The van der Waals surface area contributed by atoms with Crippen molar-refractivity contribution in [3.63, 3.8) is 0 Å². The number of amides is 1. The predicted octanol–water partition coefficient (Wildman–Crippen LogP) is 0.0707. The maximum absolute atomic E-state index is 11.1. The van der Waals surface area contributed by atoms with E-state index in [2.05, 4.69) is 15.3 Å². The minimum absolute atomic E-state index is 0.243. The highest BCUT2D eigenvalue weighted by Crippen LogP contribution is 2.02. The Morgan fingerprint density at radius 1 is 1.54 bits per heavy atom. The molecule has 70 valence electrons. The average Bonchev–Trinajstić information content (AvgIpc) is 2.08. The highest BCUT2D eigenvalue weighted by molar-refractivity contribution is 5.94. The van der Waals surface area contributed by atoms with Crippen LogP contribution in [0.4, 0.5) is 5.69 Å². The van der Waals surface area contributed by atoms with E-state index in [1.54, 1.807) is 26.2 Å². The highest BCUT2D eigenvalue weighted by atomic mass is 16.2. The van der Waals surface area contributed by atoms with Gasteiger partial charge in [-0.2, -0.15) is 0 Å². The summed E-state index contributed by atoms with van der Waals surface area (Å²) in [7, 11) is 0. The van der Waals surface area contributed by atoms with Gasteiger partial charge in [-0.05, 0) is 13.8 Å². The molecule has 0 saturated heterocycles. The molecule has 13 heavy (non-hydrogen) atoms. The van der Waals surface area contributed by atoms with Crippen LogP contribution in [0.3, 0.4) is 0 Å². The van der Waals surface area contributed by atoms with E-state index in [0.717, 1.165) is 0 Å². The first-order chi connectivity index (χ1) is 6.09. The molecule has 1 amide bonds. The molecule has 3 N–H and O–H groups in total. The van der Waals surface area contributed by atoms with Crippen LogP contribution in [0.15, 0.2) is 12.4 Å². The summed E-state index contributed by atoms with van der Waals surface area (Å²) < 4.78 is 0. The number of carbonyl (C=O) groups excluding carboxylic acids is 1. The molecule has 0 bridgehead atoms. The third-order valence-electron chi connectivity index (χ3n) is 1.46.